The third kappa shape index (κ3) is 3.20. The van der Waals surface area contributed by atoms with Crippen molar-refractivity contribution in [2.24, 2.45) is 0 Å². The number of nitrogens with one attached hydrogen (secondary N) is 1. The summed E-state index contributed by atoms with van der Waals surface area (Å²) >= 11 is 0. The van der Waals surface area contributed by atoms with Crippen molar-refractivity contribution in [1.82, 2.24) is 0 Å². The van der Waals surface area contributed by atoms with Crippen LogP contribution in [0.15, 0.2) is 36.4 Å². The van der Waals surface area contributed by atoms with Gasteiger partial charge in [-0.3, -0.25) is 0 Å². The molecule has 0 atom stereocenters. The molecule has 0 saturated carbocycles. The lowest BCUT2D eigenvalue weighted by Gasteiger charge is -2.12. The number of aryl methyl sites for hydroxylation is 1. The van der Waals surface area contributed by atoms with E-state index in [-0.39, 0.29) is 5.82 Å². The fourth-order valence-corrected chi connectivity index (χ4v) is 2.01. The maximum atomic E-state index is 13.0. The van der Waals surface area contributed by atoms with E-state index < -0.39 is 0 Å². The van der Waals surface area contributed by atoms with Crippen molar-refractivity contribution in [3.63, 3.8) is 0 Å². The Bertz CT molecular complexity index is 599. The van der Waals surface area contributed by atoms with E-state index in [0.29, 0.717) is 18.0 Å². The molecule has 0 heterocycles. The summed E-state index contributed by atoms with van der Waals surface area (Å²) in [6.45, 7) is 2.51. The zero-order chi connectivity index (χ0) is 14.5. The molecule has 0 bridgehead atoms. The predicted molar refractivity (Wildman–Crippen MR) is 78.0 cm³/mol. The van der Waals surface area contributed by atoms with E-state index in [1.54, 1.807) is 20.3 Å². The van der Waals surface area contributed by atoms with Crippen LogP contribution in [-0.2, 0) is 6.54 Å². The monoisotopic (exact) mass is 275 g/mol. The van der Waals surface area contributed by atoms with E-state index in [1.165, 1.54) is 12.1 Å². The lowest BCUT2D eigenvalue weighted by atomic mass is 10.1. The van der Waals surface area contributed by atoms with E-state index in [9.17, 15) is 4.39 Å². The van der Waals surface area contributed by atoms with Gasteiger partial charge in [0.1, 0.15) is 5.82 Å². The van der Waals surface area contributed by atoms with Crippen molar-refractivity contribution in [2.75, 3.05) is 19.5 Å². The Labute approximate surface area is 118 Å². The zero-order valence-electron chi connectivity index (χ0n) is 11.9. The molecule has 0 fully saturated rings. The summed E-state index contributed by atoms with van der Waals surface area (Å²) in [4.78, 5) is 0. The fraction of sp³-hybridized carbons (Fsp3) is 0.250. The van der Waals surface area contributed by atoms with Gasteiger partial charge < -0.3 is 14.8 Å². The lowest BCUT2D eigenvalue weighted by molar-refractivity contribution is 0.354. The number of methoxy groups -OCH3 is 2. The summed E-state index contributed by atoms with van der Waals surface area (Å²) in [5.74, 6) is 1.18. The summed E-state index contributed by atoms with van der Waals surface area (Å²) in [6, 6.07) is 10.5. The number of hydrogen-bond acceptors (Lipinski definition) is 3. The van der Waals surface area contributed by atoms with Crippen molar-refractivity contribution >= 4 is 5.69 Å². The first kappa shape index (κ1) is 14.2. The summed E-state index contributed by atoms with van der Waals surface area (Å²) < 4.78 is 23.5. The molecule has 4 heteroatoms. The second-order valence-electron chi connectivity index (χ2n) is 4.50. The maximum Gasteiger partial charge on any atom is 0.161 e. The highest BCUT2D eigenvalue weighted by atomic mass is 19.1. The predicted octanol–water partition coefficient (Wildman–Crippen LogP) is 3.76. The topological polar surface area (TPSA) is 30.5 Å². The van der Waals surface area contributed by atoms with Crippen LogP contribution in [0.3, 0.4) is 0 Å². The molecule has 0 unspecified atom stereocenters. The van der Waals surface area contributed by atoms with E-state index in [4.69, 9.17) is 9.47 Å². The lowest BCUT2D eigenvalue weighted by Crippen LogP contribution is -2.02. The average Bonchev–Trinajstić information content (AvgIpc) is 2.46. The highest BCUT2D eigenvalue weighted by Crippen LogP contribution is 2.28. The van der Waals surface area contributed by atoms with Gasteiger partial charge in [-0.1, -0.05) is 6.07 Å². The highest BCUT2D eigenvalue weighted by Gasteiger charge is 2.05. The third-order valence-corrected chi connectivity index (χ3v) is 3.12. The minimum absolute atomic E-state index is 0.223. The Hall–Kier alpha value is -2.23. The Morgan fingerprint density at radius 1 is 1.00 bits per heavy atom. The van der Waals surface area contributed by atoms with Crippen LogP contribution in [-0.4, -0.2) is 14.2 Å². The van der Waals surface area contributed by atoms with Crippen LogP contribution < -0.4 is 14.8 Å². The number of halogens is 1. The first-order chi connectivity index (χ1) is 9.63. The van der Waals surface area contributed by atoms with Gasteiger partial charge >= 0.3 is 0 Å². The van der Waals surface area contributed by atoms with Gasteiger partial charge in [0.25, 0.3) is 0 Å². The average molecular weight is 275 g/mol. The van der Waals surface area contributed by atoms with Crippen molar-refractivity contribution < 1.29 is 13.9 Å². The second kappa shape index (κ2) is 6.28. The molecule has 106 valence electrons. The molecule has 3 nitrogen and oxygen atoms in total. The maximum absolute atomic E-state index is 13.0. The zero-order valence-corrected chi connectivity index (χ0v) is 11.9. The molecule has 0 radical (unpaired) electrons. The number of hydrogen-bond donors (Lipinski definition) is 1. The molecule has 2 aromatic rings. The van der Waals surface area contributed by atoms with Gasteiger partial charge in [0.05, 0.1) is 14.2 Å². The molecule has 0 aliphatic rings. The van der Waals surface area contributed by atoms with E-state index >= 15 is 0 Å². The summed E-state index contributed by atoms with van der Waals surface area (Å²) in [5, 5.41) is 3.28. The van der Waals surface area contributed by atoms with Gasteiger partial charge in [0.2, 0.25) is 0 Å². The Balaban J connectivity index is 2.10. The Morgan fingerprint density at radius 3 is 2.40 bits per heavy atom. The fourth-order valence-electron chi connectivity index (χ4n) is 2.01. The SMILES string of the molecule is COc1ccc(CNc2ccc(F)cc2C)cc1OC. The summed E-state index contributed by atoms with van der Waals surface area (Å²) in [7, 11) is 3.22. The van der Waals surface area contributed by atoms with Gasteiger partial charge in [0, 0.05) is 12.2 Å². The van der Waals surface area contributed by atoms with Crippen molar-refractivity contribution in [1.29, 1.82) is 0 Å². The third-order valence-electron chi connectivity index (χ3n) is 3.12. The van der Waals surface area contributed by atoms with Crippen LogP contribution in [0, 0.1) is 12.7 Å². The summed E-state index contributed by atoms with van der Waals surface area (Å²) in [5.41, 5.74) is 2.86. The molecule has 1 N–H and O–H groups in total. The van der Waals surface area contributed by atoms with E-state index in [0.717, 1.165) is 16.8 Å². The van der Waals surface area contributed by atoms with Crippen LogP contribution in [0.5, 0.6) is 11.5 Å². The standard InChI is InChI=1S/C16H18FNO2/c1-11-8-13(17)5-6-14(11)18-10-12-4-7-15(19-2)16(9-12)20-3/h4-9,18H,10H2,1-3H3. The van der Waals surface area contributed by atoms with E-state index in [1.807, 2.05) is 25.1 Å². The van der Waals surface area contributed by atoms with Crippen LogP contribution in [0.1, 0.15) is 11.1 Å². The molecule has 2 aromatic carbocycles. The minimum Gasteiger partial charge on any atom is -0.493 e. The molecule has 0 spiro atoms. The van der Waals surface area contributed by atoms with Crippen LogP contribution >= 0.6 is 0 Å². The Morgan fingerprint density at radius 2 is 1.75 bits per heavy atom. The number of anilines is 1. The van der Waals surface area contributed by atoms with Gasteiger partial charge in [-0.25, -0.2) is 4.39 Å². The summed E-state index contributed by atoms with van der Waals surface area (Å²) in [6.07, 6.45) is 0. The highest BCUT2D eigenvalue weighted by molar-refractivity contribution is 5.51. The largest absolute Gasteiger partial charge is 0.493 e. The second-order valence-corrected chi connectivity index (χ2v) is 4.50. The van der Waals surface area contributed by atoms with Gasteiger partial charge in [-0.2, -0.15) is 0 Å². The van der Waals surface area contributed by atoms with Crippen molar-refractivity contribution in [2.45, 2.75) is 13.5 Å². The molecule has 0 aliphatic carbocycles. The van der Waals surface area contributed by atoms with Gasteiger partial charge in [-0.05, 0) is 48.4 Å². The first-order valence-corrected chi connectivity index (χ1v) is 6.35. The van der Waals surface area contributed by atoms with Crippen LogP contribution in [0.2, 0.25) is 0 Å². The molecule has 0 saturated heterocycles. The first-order valence-electron chi connectivity index (χ1n) is 6.35. The number of rotatable bonds is 5. The normalized spacial score (nSPS) is 10.2. The van der Waals surface area contributed by atoms with Crippen molar-refractivity contribution in [3.05, 3.63) is 53.3 Å². The van der Waals surface area contributed by atoms with Crippen molar-refractivity contribution in [3.8, 4) is 11.5 Å². The van der Waals surface area contributed by atoms with Crippen LogP contribution in [0.4, 0.5) is 10.1 Å². The number of benzene rings is 2. The molecule has 20 heavy (non-hydrogen) atoms. The molecule has 2 rings (SSSR count). The van der Waals surface area contributed by atoms with Crippen LogP contribution in [0.25, 0.3) is 0 Å². The smallest absolute Gasteiger partial charge is 0.161 e. The molecule has 0 aliphatic heterocycles. The van der Waals surface area contributed by atoms with Gasteiger partial charge in [-0.15, -0.1) is 0 Å². The minimum atomic E-state index is -0.223. The Kier molecular flexibility index (Phi) is 4.45. The van der Waals surface area contributed by atoms with E-state index in [2.05, 4.69) is 5.32 Å². The molecule has 0 aromatic heterocycles. The molecule has 0 amide bonds. The number of ether oxygens (including phenoxy) is 2. The van der Waals surface area contributed by atoms with Gasteiger partial charge in [0.15, 0.2) is 11.5 Å². The molecular formula is C16H18FNO2. The quantitative estimate of drug-likeness (QED) is 0.901. The molecular weight excluding hydrogens is 257 g/mol.